The van der Waals surface area contributed by atoms with Gasteiger partial charge in [-0.1, -0.05) is 24.3 Å². The van der Waals surface area contributed by atoms with E-state index in [4.69, 9.17) is 4.74 Å². The number of hydrogen-bond acceptors (Lipinski definition) is 4. The highest BCUT2D eigenvalue weighted by Gasteiger charge is 2.27. The number of likely N-dealkylation sites (N-methyl/N-ethyl adjacent to an activating group) is 1. The monoisotopic (exact) mass is 558 g/mol. The first-order chi connectivity index (χ1) is 14.2. The van der Waals surface area contributed by atoms with Gasteiger partial charge in [-0.05, 0) is 24.0 Å². The van der Waals surface area contributed by atoms with E-state index >= 15 is 0 Å². The van der Waals surface area contributed by atoms with Crippen molar-refractivity contribution in [3.63, 3.8) is 0 Å². The second-order valence-electron chi connectivity index (χ2n) is 7.25. The first-order valence-electron chi connectivity index (χ1n) is 9.79. The molecule has 0 spiro atoms. The quantitative estimate of drug-likeness (QED) is 0.277. The van der Waals surface area contributed by atoms with Crippen LogP contribution in [0.3, 0.4) is 0 Å². The zero-order valence-corrected chi connectivity index (χ0v) is 20.0. The average molecular weight is 558 g/mol. The Kier molecular flexibility index (Phi) is 12.2. The van der Waals surface area contributed by atoms with Crippen molar-refractivity contribution in [1.29, 1.82) is 0 Å². The summed E-state index contributed by atoms with van der Waals surface area (Å²) in [5, 5.41) is 6.21. The lowest BCUT2D eigenvalue weighted by Crippen LogP contribution is -2.45. The molecule has 0 saturated carbocycles. The summed E-state index contributed by atoms with van der Waals surface area (Å²) < 4.78 is 46.7. The van der Waals surface area contributed by atoms with Gasteiger partial charge in [0.2, 0.25) is 5.91 Å². The minimum Gasteiger partial charge on any atom is -0.376 e. The lowest BCUT2D eigenvalue weighted by molar-refractivity contribution is -0.176. The Morgan fingerprint density at radius 2 is 1.90 bits per heavy atom. The number of carbonyl (C=O) groups is 1. The first kappa shape index (κ1) is 27.4. The number of guanidine groups is 1. The average Bonchev–Trinajstić information content (AvgIpc) is 3.20. The van der Waals surface area contributed by atoms with E-state index in [1.807, 2.05) is 0 Å². The Labute approximate surface area is 197 Å². The second kappa shape index (κ2) is 13.7. The topological polar surface area (TPSA) is 75.2 Å². The maximum atomic E-state index is 12.1. The number of nitrogens with zero attached hydrogens (tertiary/aromatic N) is 2. The van der Waals surface area contributed by atoms with Crippen LogP contribution in [0.5, 0.6) is 0 Å². The lowest BCUT2D eigenvalue weighted by Gasteiger charge is -2.17. The third-order valence-electron chi connectivity index (χ3n) is 4.40. The molecule has 1 aromatic carbocycles. The van der Waals surface area contributed by atoms with Gasteiger partial charge in [-0.3, -0.25) is 4.79 Å². The van der Waals surface area contributed by atoms with Gasteiger partial charge >= 0.3 is 6.18 Å². The van der Waals surface area contributed by atoms with Crippen molar-refractivity contribution in [3.8, 4) is 0 Å². The van der Waals surface area contributed by atoms with Gasteiger partial charge in [-0.25, -0.2) is 4.99 Å². The Balaban J connectivity index is 0.00000480. The molecule has 0 aliphatic carbocycles. The van der Waals surface area contributed by atoms with Gasteiger partial charge < -0.3 is 25.0 Å². The highest BCUT2D eigenvalue weighted by atomic mass is 127. The number of hydrogen-bond donors (Lipinski definition) is 2. The molecule has 0 bridgehead atoms. The van der Waals surface area contributed by atoms with Crippen LogP contribution in [0.15, 0.2) is 29.3 Å². The third-order valence-corrected chi connectivity index (χ3v) is 4.40. The molecular formula is C20H30F3IN4O3. The summed E-state index contributed by atoms with van der Waals surface area (Å²) in [6.07, 6.45) is -2.20. The van der Waals surface area contributed by atoms with Gasteiger partial charge in [-0.2, -0.15) is 13.2 Å². The van der Waals surface area contributed by atoms with Gasteiger partial charge in [0, 0.05) is 27.2 Å². The highest BCUT2D eigenvalue weighted by Crippen LogP contribution is 2.16. The third kappa shape index (κ3) is 11.5. The van der Waals surface area contributed by atoms with Crippen molar-refractivity contribution in [3.05, 3.63) is 35.4 Å². The molecule has 2 rings (SSSR count). The van der Waals surface area contributed by atoms with Crippen molar-refractivity contribution in [2.75, 3.05) is 40.4 Å². The predicted molar refractivity (Wildman–Crippen MR) is 122 cm³/mol. The molecule has 1 atom stereocenters. The minimum absolute atomic E-state index is 0. The largest absolute Gasteiger partial charge is 0.411 e. The molecule has 2 N–H and O–H groups in total. The number of rotatable bonds is 9. The minimum atomic E-state index is -4.33. The SMILES string of the molecule is CN(C)C(=O)CNC(=NCc1ccc(COCC(F)(F)F)cc1)NCC1CCCO1.I. The summed E-state index contributed by atoms with van der Waals surface area (Å²) in [4.78, 5) is 17.8. The van der Waals surface area contributed by atoms with Crippen LogP contribution in [-0.2, 0) is 27.4 Å². The Bertz CT molecular complexity index is 694. The molecule has 176 valence electrons. The van der Waals surface area contributed by atoms with Gasteiger partial charge in [0.1, 0.15) is 6.61 Å². The molecule has 1 aliphatic heterocycles. The molecule has 0 radical (unpaired) electrons. The number of aliphatic imine (C=N–C) groups is 1. The van der Waals surface area contributed by atoms with Crippen molar-refractivity contribution < 1.29 is 27.4 Å². The Morgan fingerprint density at radius 3 is 2.48 bits per heavy atom. The maximum Gasteiger partial charge on any atom is 0.411 e. The molecule has 11 heteroatoms. The Hall–Kier alpha value is -1.60. The molecular weight excluding hydrogens is 528 g/mol. The van der Waals surface area contributed by atoms with Gasteiger partial charge in [0.05, 0.1) is 25.8 Å². The van der Waals surface area contributed by atoms with Crippen molar-refractivity contribution in [2.24, 2.45) is 4.99 Å². The van der Waals surface area contributed by atoms with E-state index in [9.17, 15) is 18.0 Å². The fourth-order valence-electron chi connectivity index (χ4n) is 2.70. The summed E-state index contributed by atoms with van der Waals surface area (Å²) in [6, 6.07) is 7.00. The van der Waals surface area contributed by atoms with Crippen LogP contribution in [0.4, 0.5) is 13.2 Å². The summed E-state index contributed by atoms with van der Waals surface area (Å²) in [5.74, 6) is 0.420. The van der Waals surface area contributed by atoms with Crippen LogP contribution in [0.25, 0.3) is 0 Å². The van der Waals surface area contributed by atoms with Crippen LogP contribution in [-0.4, -0.2) is 69.4 Å². The number of benzene rings is 1. The van der Waals surface area contributed by atoms with Gasteiger partial charge in [0.25, 0.3) is 0 Å². The lowest BCUT2D eigenvalue weighted by atomic mass is 10.1. The molecule has 1 unspecified atom stereocenters. The van der Waals surface area contributed by atoms with E-state index < -0.39 is 12.8 Å². The second-order valence-corrected chi connectivity index (χ2v) is 7.25. The van der Waals surface area contributed by atoms with E-state index in [2.05, 4.69) is 20.4 Å². The molecule has 1 aliphatic rings. The normalized spacial score (nSPS) is 16.5. The first-order valence-corrected chi connectivity index (χ1v) is 9.79. The van der Waals surface area contributed by atoms with Gasteiger partial charge in [-0.15, -0.1) is 24.0 Å². The molecule has 1 heterocycles. The number of carbonyl (C=O) groups excluding carboxylic acids is 1. The van der Waals surface area contributed by atoms with E-state index in [1.54, 1.807) is 38.4 Å². The maximum absolute atomic E-state index is 12.1. The van der Waals surface area contributed by atoms with E-state index in [0.717, 1.165) is 25.0 Å². The zero-order valence-electron chi connectivity index (χ0n) is 17.7. The van der Waals surface area contributed by atoms with Crippen LogP contribution in [0.2, 0.25) is 0 Å². The number of amides is 1. The van der Waals surface area contributed by atoms with Crippen LogP contribution in [0, 0.1) is 0 Å². The molecule has 1 fully saturated rings. The molecule has 1 amide bonds. The van der Waals surface area contributed by atoms with Crippen LogP contribution >= 0.6 is 24.0 Å². The molecule has 7 nitrogen and oxygen atoms in total. The number of halogens is 4. The van der Waals surface area contributed by atoms with E-state index in [0.29, 0.717) is 24.6 Å². The highest BCUT2D eigenvalue weighted by molar-refractivity contribution is 14.0. The molecule has 0 aromatic heterocycles. The number of nitrogens with one attached hydrogen (secondary N) is 2. The summed E-state index contributed by atoms with van der Waals surface area (Å²) in [7, 11) is 3.36. The molecule has 1 saturated heterocycles. The van der Waals surface area contributed by atoms with Crippen molar-refractivity contribution >= 4 is 35.8 Å². The van der Waals surface area contributed by atoms with Gasteiger partial charge in [0.15, 0.2) is 5.96 Å². The smallest absolute Gasteiger partial charge is 0.376 e. The Morgan fingerprint density at radius 1 is 1.23 bits per heavy atom. The van der Waals surface area contributed by atoms with Crippen LogP contribution < -0.4 is 10.6 Å². The predicted octanol–water partition coefficient (Wildman–Crippen LogP) is 2.69. The number of ether oxygens (including phenoxy) is 2. The van der Waals surface area contributed by atoms with E-state index in [-0.39, 0.29) is 49.1 Å². The van der Waals surface area contributed by atoms with Crippen molar-refractivity contribution in [1.82, 2.24) is 15.5 Å². The molecule has 31 heavy (non-hydrogen) atoms. The van der Waals surface area contributed by atoms with Crippen molar-refractivity contribution in [2.45, 2.75) is 38.3 Å². The zero-order chi connectivity index (χ0) is 22.0. The number of alkyl halides is 3. The fraction of sp³-hybridized carbons (Fsp3) is 0.600. The van der Waals surface area contributed by atoms with Crippen LogP contribution in [0.1, 0.15) is 24.0 Å². The summed E-state index contributed by atoms with van der Waals surface area (Å²) >= 11 is 0. The van der Waals surface area contributed by atoms with E-state index in [1.165, 1.54) is 4.90 Å². The standard InChI is InChI=1S/C20H29F3N4O3.HI/c1-27(2)18(28)12-26-19(25-11-17-4-3-9-30-17)24-10-15-5-7-16(8-6-15)13-29-14-20(21,22)23;/h5-8,17H,3-4,9-14H2,1-2H3,(H2,24,25,26);1H. The summed E-state index contributed by atoms with van der Waals surface area (Å²) in [6.45, 7) is 0.435. The summed E-state index contributed by atoms with van der Waals surface area (Å²) in [5.41, 5.74) is 1.53. The fourth-order valence-corrected chi connectivity index (χ4v) is 2.70. The molecule has 1 aromatic rings.